The number of fused-ring (bicyclic) bond motifs is 3. The van der Waals surface area contributed by atoms with Gasteiger partial charge in [0.05, 0.1) is 0 Å². The predicted octanol–water partition coefficient (Wildman–Crippen LogP) is 3.03. The van der Waals surface area contributed by atoms with Gasteiger partial charge in [0.25, 0.3) is 0 Å². The van der Waals surface area contributed by atoms with Gasteiger partial charge in [-0.2, -0.15) is 0 Å². The van der Waals surface area contributed by atoms with Crippen LogP contribution in [0.3, 0.4) is 0 Å². The van der Waals surface area contributed by atoms with Crippen LogP contribution in [0.5, 0.6) is 0 Å². The predicted molar refractivity (Wildman–Crippen MR) is 61.5 cm³/mol. The third-order valence-corrected chi connectivity index (χ3v) is 3.38. The van der Waals surface area contributed by atoms with Crippen molar-refractivity contribution in [1.29, 1.82) is 0 Å². The first-order valence-electron chi connectivity index (χ1n) is 4.38. The second-order valence-electron chi connectivity index (χ2n) is 3.18. The summed E-state index contributed by atoms with van der Waals surface area (Å²) in [6.07, 6.45) is 1.81. The molecule has 0 unspecified atom stereocenters. The molecular weight excluding hydrogens is 192 g/mol. The topological polar surface area (TPSA) is 38.9 Å². The lowest BCUT2D eigenvalue weighted by molar-refractivity contribution is 1.45. The van der Waals surface area contributed by atoms with Gasteiger partial charge in [-0.05, 0) is 24.3 Å². The van der Waals surface area contributed by atoms with Crippen LogP contribution >= 0.6 is 11.3 Å². The van der Waals surface area contributed by atoms with Gasteiger partial charge in [0.15, 0.2) is 0 Å². The lowest BCUT2D eigenvalue weighted by atomic mass is 10.1. The van der Waals surface area contributed by atoms with E-state index < -0.39 is 0 Å². The van der Waals surface area contributed by atoms with Crippen molar-refractivity contribution in [3.63, 3.8) is 0 Å². The second kappa shape index (κ2) is 2.69. The van der Waals surface area contributed by atoms with Crippen molar-refractivity contribution in [2.75, 3.05) is 5.73 Å². The molecule has 68 valence electrons. The standard InChI is InChI=1S/C11H8N2S/c12-8-4-1-5-9-10(8)7-3-2-6-13-11(7)14-9/h1-6H,12H2. The number of nitrogens with two attached hydrogens (primary N) is 1. The van der Waals surface area contributed by atoms with E-state index in [1.807, 2.05) is 24.4 Å². The average molecular weight is 200 g/mol. The van der Waals surface area contributed by atoms with E-state index in [1.54, 1.807) is 11.3 Å². The maximum atomic E-state index is 5.95. The molecule has 2 aromatic heterocycles. The molecule has 1 aromatic carbocycles. The lowest BCUT2D eigenvalue weighted by Crippen LogP contribution is -1.83. The monoisotopic (exact) mass is 200 g/mol. The Morgan fingerprint density at radius 3 is 3.00 bits per heavy atom. The highest BCUT2D eigenvalue weighted by atomic mass is 32.1. The van der Waals surface area contributed by atoms with E-state index >= 15 is 0 Å². The zero-order valence-electron chi connectivity index (χ0n) is 7.40. The molecule has 3 rings (SSSR count). The van der Waals surface area contributed by atoms with Crippen LogP contribution in [0.15, 0.2) is 36.5 Å². The van der Waals surface area contributed by atoms with E-state index in [9.17, 15) is 0 Å². The number of thiophene rings is 1. The third kappa shape index (κ3) is 0.930. The van der Waals surface area contributed by atoms with Gasteiger partial charge in [-0.1, -0.05) is 6.07 Å². The van der Waals surface area contributed by atoms with Crippen molar-refractivity contribution >= 4 is 37.3 Å². The molecule has 0 aliphatic rings. The highest BCUT2D eigenvalue weighted by Crippen LogP contribution is 2.35. The summed E-state index contributed by atoms with van der Waals surface area (Å²) >= 11 is 1.68. The van der Waals surface area contributed by atoms with Gasteiger partial charge in [0.1, 0.15) is 4.83 Å². The van der Waals surface area contributed by atoms with E-state index in [2.05, 4.69) is 17.1 Å². The average Bonchev–Trinajstić information content (AvgIpc) is 2.57. The molecule has 3 aromatic rings. The van der Waals surface area contributed by atoms with Crippen molar-refractivity contribution < 1.29 is 0 Å². The molecule has 0 spiro atoms. The van der Waals surface area contributed by atoms with E-state index in [1.165, 1.54) is 4.70 Å². The Bertz CT molecular complexity index is 613. The Balaban J connectivity index is 2.65. The van der Waals surface area contributed by atoms with Gasteiger partial charge in [-0.15, -0.1) is 11.3 Å². The van der Waals surface area contributed by atoms with Crippen LogP contribution < -0.4 is 5.73 Å². The minimum absolute atomic E-state index is 0.835. The number of benzene rings is 1. The summed E-state index contributed by atoms with van der Waals surface area (Å²) in [4.78, 5) is 5.38. The van der Waals surface area contributed by atoms with Crippen LogP contribution in [0.1, 0.15) is 0 Å². The van der Waals surface area contributed by atoms with Gasteiger partial charge < -0.3 is 5.73 Å². The Labute approximate surface area is 85.0 Å². The highest BCUT2D eigenvalue weighted by molar-refractivity contribution is 7.25. The van der Waals surface area contributed by atoms with Crippen molar-refractivity contribution in [2.45, 2.75) is 0 Å². The summed E-state index contributed by atoms with van der Waals surface area (Å²) in [7, 11) is 0. The maximum Gasteiger partial charge on any atom is 0.124 e. The molecule has 0 atom stereocenters. The van der Waals surface area contributed by atoms with Crippen LogP contribution in [-0.4, -0.2) is 4.98 Å². The number of pyridine rings is 1. The van der Waals surface area contributed by atoms with Crippen LogP contribution in [0.25, 0.3) is 20.3 Å². The van der Waals surface area contributed by atoms with Crippen LogP contribution in [0, 0.1) is 0 Å². The maximum absolute atomic E-state index is 5.95. The zero-order chi connectivity index (χ0) is 9.54. The summed E-state index contributed by atoms with van der Waals surface area (Å²) in [5.74, 6) is 0. The Morgan fingerprint density at radius 1 is 1.14 bits per heavy atom. The normalized spacial score (nSPS) is 11.1. The fourth-order valence-corrected chi connectivity index (χ4v) is 2.77. The quantitative estimate of drug-likeness (QED) is 0.566. The molecule has 2 nitrogen and oxygen atoms in total. The van der Waals surface area contributed by atoms with E-state index in [0.29, 0.717) is 0 Å². The van der Waals surface area contributed by atoms with E-state index in [4.69, 9.17) is 5.73 Å². The minimum Gasteiger partial charge on any atom is -0.398 e. The molecule has 0 fully saturated rings. The van der Waals surface area contributed by atoms with Gasteiger partial charge >= 0.3 is 0 Å². The molecule has 0 aliphatic heterocycles. The molecule has 0 radical (unpaired) electrons. The summed E-state index contributed by atoms with van der Waals surface area (Å²) in [5, 5.41) is 2.30. The largest absolute Gasteiger partial charge is 0.398 e. The van der Waals surface area contributed by atoms with Gasteiger partial charge in [0, 0.05) is 27.4 Å². The molecule has 2 heterocycles. The number of anilines is 1. The first kappa shape index (κ1) is 7.76. The SMILES string of the molecule is Nc1cccc2sc3ncccc3c12. The molecule has 14 heavy (non-hydrogen) atoms. The van der Waals surface area contributed by atoms with Gasteiger partial charge in [-0.25, -0.2) is 4.98 Å². The number of hydrogen-bond donors (Lipinski definition) is 1. The Hall–Kier alpha value is -1.61. The summed E-state index contributed by atoms with van der Waals surface area (Å²) in [6, 6.07) is 10.0. The number of rotatable bonds is 0. The van der Waals surface area contributed by atoms with E-state index in [0.717, 1.165) is 21.3 Å². The summed E-state index contributed by atoms with van der Waals surface area (Å²) in [5.41, 5.74) is 6.78. The van der Waals surface area contributed by atoms with Crippen LogP contribution in [0.4, 0.5) is 5.69 Å². The van der Waals surface area contributed by atoms with Crippen molar-refractivity contribution in [1.82, 2.24) is 4.98 Å². The number of aromatic nitrogens is 1. The lowest BCUT2D eigenvalue weighted by Gasteiger charge is -1.95. The number of nitrogen functional groups attached to an aromatic ring is 1. The number of nitrogens with zero attached hydrogens (tertiary/aromatic N) is 1. The first-order chi connectivity index (χ1) is 6.86. The minimum atomic E-state index is 0.835. The highest BCUT2D eigenvalue weighted by Gasteiger charge is 2.06. The van der Waals surface area contributed by atoms with Crippen molar-refractivity contribution in [3.8, 4) is 0 Å². The molecule has 3 heteroatoms. The fraction of sp³-hybridized carbons (Fsp3) is 0. The molecule has 0 bridgehead atoms. The molecular formula is C11H8N2S. The summed E-state index contributed by atoms with van der Waals surface area (Å²) in [6.45, 7) is 0. The van der Waals surface area contributed by atoms with Crippen molar-refractivity contribution in [3.05, 3.63) is 36.5 Å². The second-order valence-corrected chi connectivity index (χ2v) is 4.21. The van der Waals surface area contributed by atoms with Gasteiger partial charge in [-0.3, -0.25) is 0 Å². The van der Waals surface area contributed by atoms with Crippen LogP contribution in [-0.2, 0) is 0 Å². The Morgan fingerprint density at radius 2 is 2.07 bits per heavy atom. The third-order valence-electron chi connectivity index (χ3n) is 2.31. The van der Waals surface area contributed by atoms with E-state index in [-0.39, 0.29) is 0 Å². The molecule has 0 aliphatic carbocycles. The molecule has 0 amide bonds. The fourth-order valence-electron chi connectivity index (χ4n) is 1.69. The zero-order valence-corrected chi connectivity index (χ0v) is 8.21. The first-order valence-corrected chi connectivity index (χ1v) is 5.19. The molecule has 2 N–H and O–H groups in total. The molecule has 0 saturated carbocycles. The van der Waals surface area contributed by atoms with Crippen LogP contribution in [0.2, 0.25) is 0 Å². The molecule has 0 saturated heterocycles. The Kier molecular flexibility index (Phi) is 1.49. The summed E-state index contributed by atoms with van der Waals surface area (Å²) < 4.78 is 1.21. The van der Waals surface area contributed by atoms with Gasteiger partial charge in [0.2, 0.25) is 0 Å². The van der Waals surface area contributed by atoms with Crippen molar-refractivity contribution in [2.24, 2.45) is 0 Å². The number of hydrogen-bond acceptors (Lipinski definition) is 3. The smallest absolute Gasteiger partial charge is 0.124 e.